The minimum absolute atomic E-state index is 0.188. The van der Waals surface area contributed by atoms with Gasteiger partial charge in [0, 0.05) is 18.4 Å². The van der Waals surface area contributed by atoms with Crippen LogP contribution in [0.2, 0.25) is 0 Å². The van der Waals surface area contributed by atoms with Crippen molar-refractivity contribution in [3.63, 3.8) is 0 Å². The summed E-state index contributed by atoms with van der Waals surface area (Å²) in [5, 5.41) is 17.5. The van der Waals surface area contributed by atoms with Crippen molar-refractivity contribution in [1.82, 2.24) is 20.0 Å². The molecule has 0 saturated heterocycles. The van der Waals surface area contributed by atoms with Gasteiger partial charge in [-0.05, 0) is 18.4 Å². The smallest absolute Gasteiger partial charge is 0.278 e. The molecule has 0 aliphatic heterocycles. The van der Waals surface area contributed by atoms with Crippen molar-refractivity contribution in [3.05, 3.63) is 45.3 Å². The lowest BCUT2D eigenvalue weighted by Gasteiger charge is -2.12. The molecule has 7 nitrogen and oxygen atoms in total. The molecule has 136 valence electrons. The number of amides is 1. The maximum Gasteiger partial charge on any atom is 0.278 e. The molecule has 0 saturated carbocycles. The third-order valence-electron chi connectivity index (χ3n) is 3.77. The predicted molar refractivity (Wildman–Crippen MR) is 103 cm³/mol. The Morgan fingerprint density at radius 1 is 1.23 bits per heavy atom. The first kappa shape index (κ1) is 18.2. The number of rotatable bonds is 6. The van der Waals surface area contributed by atoms with Crippen LogP contribution in [0.1, 0.15) is 42.7 Å². The summed E-state index contributed by atoms with van der Waals surface area (Å²) in [6.45, 7) is 6.51. The number of fused-ring (bicyclic) bond motifs is 1. The zero-order valence-corrected chi connectivity index (χ0v) is 15.8. The van der Waals surface area contributed by atoms with Gasteiger partial charge in [0.05, 0.1) is 5.39 Å². The zero-order chi connectivity index (χ0) is 18.7. The second kappa shape index (κ2) is 7.74. The number of hydrogen-bond donors (Lipinski definition) is 1. The van der Waals surface area contributed by atoms with Gasteiger partial charge in [-0.1, -0.05) is 50.3 Å². The van der Waals surface area contributed by atoms with Crippen LogP contribution in [-0.4, -0.2) is 25.9 Å². The van der Waals surface area contributed by atoms with E-state index in [1.165, 1.54) is 16.0 Å². The van der Waals surface area contributed by atoms with Crippen molar-refractivity contribution in [2.75, 3.05) is 5.32 Å². The maximum atomic E-state index is 12.8. The van der Waals surface area contributed by atoms with Crippen LogP contribution in [0.3, 0.4) is 0 Å². The molecule has 1 aromatic carbocycles. The van der Waals surface area contributed by atoms with Crippen molar-refractivity contribution in [2.45, 2.75) is 40.2 Å². The number of nitrogens with one attached hydrogen (secondary N) is 1. The highest BCUT2D eigenvalue weighted by molar-refractivity contribution is 7.15. The fourth-order valence-electron chi connectivity index (χ4n) is 2.65. The SMILES string of the molecule is CCCc1nnc(NC(=O)c2nn(CC(C)C)c(=O)c3ccccc23)s1. The van der Waals surface area contributed by atoms with Crippen LogP contribution < -0.4 is 10.9 Å². The van der Waals surface area contributed by atoms with Crippen LogP contribution >= 0.6 is 11.3 Å². The molecule has 3 rings (SSSR count). The lowest BCUT2D eigenvalue weighted by molar-refractivity contribution is 0.102. The van der Waals surface area contributed by atoms with E-state index in [9.17, 15) is 9.59 Å². The summed E-state index contributed by atoms with van der Waals surface area (Å²) >= 11 is 1.35. The molecule has 2 aromatic heterocycles. The largest absolute Gasteiger partial charge is 0.295 e. The van der Waals surface area contributed by atoms with Gasteiger partial charge in [0.2, 0.25) is 5.13 Å². The van der Waals surface area contributed by atoms with Crippen molar-refractivity contribution >= 4 is 33.1 Å². The van der Waals surface area contributed by atoms with E-state index in [4.69, 9.17) is 0 Å². The molecular formula is C18H21N5O2S. The van der Waals surface area contributed by atoms with Crippen molar-refractivity contribution in [2.24, 2.45) is 5.92 Å². The molecule has 3 aromatic rings. The van der Waals surface area contributed by atoms with E-state index in [0.29, 0.717) is 22.4 Å². The molecule has 0 bridgehead atoms. The zero-order valence-electron chi connectivity index (χ0n) is 15.0. The molecular weight excluding hydrogens is 350 g/mol. The highest BCUT2D eigenvalue weighted by Crippen LogP contribution is 2.19. The van der Waals surface area contributed by atoms with Crippen molar-refractivity contribution < 1.29 is 4.79 Å². The Hall–Kier alpha value is -2.61. The molecule has 0 aliphatic rings. The quantitative estimate of drug-likeness (QED) is 0.719. The molecule has 0 fully saturated rings. The van der Waals surface area contributed by atoms with E-state index >= 15 is 0 Å². The number of hydrogen-bond acceptors (Lipinski definition) is 6. The summed E-state index contributed by atoms with van der Waals surface area (Å²) in [5.74, 6) is -0.157. The van der Waals surface area contributed by atoms with Crippen LogP contribution in [0.15, 0.2) is 29.1 Å². The van der Waals surface area contributed by atoms with E-state index in [2.05, 4.69) is 27.5 Å². The summed E-state index contributed by atoms with van der Waals surface area (Å²) in [5.41, 5.74) is 0.0279. The van der Waals surface area contributed by atoms with Crippen LogP contribution in [0.4, 0.5) is 5.13 Å². The Morgan fingerprint density at radius 3 is 2.65 bits per heavy atom. The van der Waals surface area contributed by atoms with Gasteiger partial charge in [-0.3, -0.25) is 14.9 Å². The van der Waals surface area contributed by atoms with Crippen LogP contribution in [0.25, 0.3) is 10.8 Å². The predicted octanol–water partition coefficient (Wildman–Crippen LogP) is 3.11. The van der Waals surface area contributed by atoms with Gasteiger partial charge < -0.3 is 0 Å². The standard InChI is InChI=1S/C18H21N5O2S/c1-4-7-14-20-21-18(26-14)19-16(24)15-12-8-5-6-9-13(12)17(25)23(22-15)10-11(2)3/h5-6,8-9,11H,4,7,10H2,1-3H3,(H,19,21,24). The van der Waals surface area contributed by atoms with E-state index < -0.39 is 5.91 Å². The Labute approximate surface area is 155 Å². The third kappa shape index (κ3) is 3.80. The van der Waals surface area contributed by atoms with E-state index in [-0.39, 0.29) is 17.2 Å². The molecule has 1 N–H and O–H groups in total. The summed E-state index contributed by atoms with van der Waals surface area (Å²) < 4.78 is 1.37. The first-order valence-corrected chi connectivity index (χ1v) is 9.44. The van der Waals surface area contributed by atoms with Gasteiger partial charge in [-0.25, -0.2) is 4.68 Å². The normalized spacial score (nSPS) is 11.2. The second-order valence-electron chi connectivity index (χ2n) is 6.48. The van der Waals surface area contributed by atoms with Crippen LogP contribution in [0, 0.1) is 5.92 Å². The minimum Gasteiger partial charge on any atom is -0.295 e. The summed E-state index contributed by atoms with van der Waals surface area (Å²) in [4.78, 5) is 25.4. The average Bonchev–Trinajstić information content (AvgIpc) is 3.04. The number of benzene rings is 1. The Morgan fingerprint density at radius 2 is 1.96 bits per heavy atom. The Balaban J connectivity index is 2.00. The topological polar surface area (TPSA) is 89.8 Å². The molecule has 0 atom stereocenters. The van der Waals surface area contributed by atoms with Crippen LogP contribution in [0.5, 0.6) is 0 Å². The first-order chi connectivity index (χ1) is 12.5. The van der Waals surface area contributed by atoms with Gasteiger partial charge in [0.15, 0.2) is 5.69 Å². The van der Waals surface area contributed by atoms with E-state index in [0.717, 1.165) is 17.8 Å². The van der Waals surface area contributed by atoms with Crippen molar-refractivity contribution in [3.8, 4) is 0 Å². The maximum absolute atomic E-state index is 12.8. The monoisotopic (exact) mass is 371 g/mol. The van der Waals surface area contributed by atoms with Gasteiger partial charge in [-0.2, -0.15) is 5.10 Å². The molecule has 8 heteroatoms. The highest BCUT2D eigenvalue weighted by Gasteiger charge is 2.18. The number of anilines is 1. The highest BCUT2D eigenvalue weighted by atomic mass is 32.1. The number of nitrogens with zero attached hydrogens (tertiary/aromatic N) is 4. The lowest BCUT2D eigenvalue weighted by Crippen LogP contribution is -2.29. The first-order valence-electron chi connectivity index (χ1n) is 8.63. The van der Waals surface area contributed by atoms with Gasteiger partial charge in [0.25, 0.3) is 11.5 Å². The fourth-order valence-corrected chi connectivity index (χ4v) is 3.48. The number of aryl methyl sites for hydroxylation is 1. The summed E-state index contributed by atoms with van der Waals surface area (Å²) in [6.07, 6.45) is 1.79. The third-order valence-corrected chi connectivity index (χ3v) is 4.67. The summed E-state index contributed by atoms with van der Waals surface area (Å²) in [6, 6.07) is 7.03. The molecule has 0 unspecified atom stereocenters. The van der Waals surface area contributed by atoms with Crippen molar-refractivity contribution in [1.29, 1.82) is 0 Å². The number of carbonyl (C=O) groups is 1. The second-order valence-corrected chi connectivity index (χ2v) is 7.54. The molecule has 1 amide bonds. The number of carbonyl (C=O) groups excluding carboxylic acids is 1. The molecule has 2 heterocycles. The molecule has 0 aliphatic carbocycles. The summed E-state index contributed by atoms with van der Waals surface area (Å²) in [7, 11) is 0. The fraction of sp³-hybridized carbons (Fsp3) is 0.389. The van der Waals surface area contributed by atoms with Crippen LogP contribution in [-0.2, 0) is 13.0 Å². The van der Waals surface area contributed by atoms with E-state index in [1.54, 1.807) is 24.3 Å². The molecule has 0 radical (unpaired) electrons. The Bertz CT molecular complexity index is 993. The lowest BCUT2D eigenvalue weighted by atomic mass is 10.1. The van der Waals surface area contributed by atoms with Gasteiger partial charge in [0.1, 0.15) is 5.01 Å². The Kier molecular flexibility index (Phi) is 5.41. The van der Waals surface area contributed by atoms with Gasteiger partial charge in [-0.15, -0.1) is 10.2 Å². The average molecular weight is 371 g/mol. The minimum atomic E-state index is -0.391. The van der Waals surface area contributed by atoms with Gasteiger partial charge >= 0.3 is 0 Å². The molecule has 0 spiro atoms. The van der Waals surface area contributed by atoms with E-state index in [1.807, 2.05) is 13.8 Å². The number of aromatic nitrogens is 4. The molecule has 26 heavy (non-hydrogen) atoms.